The second-order valence-corrected chi connectivity index (χ2v) is 5.49. The fourth-order valence-corrected chi connectivity index (χ4v) is 2.49. The Hall–Kier alpha value is -3.87. The molecule has 0 amide bonds. The predicted octanol–water partition coefficient (Wildman–Crippen LogP) is 3.09. The van der Waals surface area contributed by atoms with E-state index in [1.54, 1.807) is 16.8 Å². The van der Waals surface area contributed by atoms with Gasteiger partial charge in [0.1, 0.15) is 12.1 Å². The topological polar surface area (TPSA) is 93.8 Å². The van der Waals surface area contributed by atoms with Crippen molar-refractivity contribution in [2.24, 2.45) is 0 Å². The standard InChI is InChI=1S/C19H13N5O2/c25-19(26)16-11-24(12-21-16)17-10-15(14-8-4-5-9-20-14)22-18(23-17)13-6-2-1-3-7-13/h1-12H,(H,25,26). The van der Waals surface area contributed by atoms with Crippen LogP contribution >= 0.6 is 0 Å². The van der Waals surface area contributed by atoms with Crippen molar-refractivity contribution < 1.29 is 9.90 Å². The van der Waals surface area contributed by atoms with Crippen LogP contribution in [0.1, 0.15) is 10.5 Å². The van der Waals surface area contributed by atoms with Crippen molar-refractivity contribution >= 4 is 5.97 Å². The van der Waals surface area contributed by atoms with E-state index in [9.17, 15) is 4.79 Å². The highest BCUT2D eigenvalue weighted by molar-refractivity contribution is 5.85. The first kappa shape index (κ1) is 15.6. The molecule has 0 atom stereocenters. The lowest BCUT2D eigenvalue weighted by Gasteiger charge is -2.08. The van der Waals surface area contributed by atoms with E-state index in [1.165, 1.54) is 12.5 Å². The van der Waals surface area contributed by atoms with Gasteiger partial charge >= 0.3 is 5.97 Å². The number of carboxylic acids is 1. The molecule has 0 fully saturated rings. The van der Waals surface area contributed by atoms with Gasteiger partial charge in [0.25, 0.3) is 0 Å². The molecule has 0 aliphatic heterocycles. The largest absolute Gasteiger partial charge is 0.476 e. The van der Waals surface area contributed by atoms with Gasteiger partial charge in [0, 0.05) is 24.0 Å². The number of aromatic nitrogens is 5. The molecule has 0 unspecified atom stereocenters. The van der Waals surface area contributed by atoms with E-state index in [-0.39, 0.29) is 5.69 Å². The van der Waals surface area contributed by atoms with Crippen LogP contribution in [0, 0.1) is 0 Å². The number of carboxylic acid groups (broad SMARTS) is 1. The summed E-state index contributed by atoms with van der Waals surface area (Å²) in [4.78, 5) is 28.5. The first-order chi connectivity index (χ1) is 12.7. The number of aromatic carboxylic acids is 1. The van der Waals surface area contributed by atoms with Gasteiger partial charge in [-0.15, -0.1) is 0 Å². The second kappa shape index (κ2) is 6.56. The van der Waals surface area contributed by atoms with Crippen LogP contribution < -0.4 is 0 Å². The molecule has 1 aromatic carbocycles. The molecule has 1 N–H and O–H groups in total. The molecule has 3 aromatic heterocycles. The van der Waals surface area contributed by atoms with E-state index in [4.69, 9.17) is 5.11 Å². The molecule has 3 heterocycles. The summed E-state index contributed by atoms with van der Waals surface area (Å²) in [6.07, 6.45) is 4.53. The van der Waals surface area contributed by atoms with Gasteiger partial charge < -0.3 is 5.11 Å². The van der Waals surface area contributed by atoms with Crippen molar-refractivity contribution in [3.63, 3.8) is 0 Å². The third-order valence-corrected chi connectivity index (χ3v) is 3.74. The Morgan fingerprint density at radius 2 is 1.73 bits per heavy atom. The van der Waals surface area contributed by atoms with Gasteiger partial charge in [-0.3, -0.25) is 9.55 Å². The quantitative estimate of drug-likeness (QED) is 0.612. The van der Waals surface area contributed by atoms with Crippen LogP contribution in [0.5, 0.6) is 0 Å². The number of pyridine rings is 1. The van der Waals surface area contributed by atoms with E-state index in [0.29, 0.717) is 23.0 Å². The number of carbonyl (C=O) groups is 1. The molecule has 0 aliphatic rings. The van der Waals surface area contributed by atoms with E-state index < -0.39 is 5.97 Å². The van der Waals surface area contributed by atoms with Crippen molar-refractivity contribution in [3.05, 3.63) is 79.0 Å². The second-order valence-electron chi connectivity index (χ2n) is 5.49. The lowest BCUT2D eigenvalue weighted by atomic mass is 10.2. The molecule has 0 saturated heterocycles. The van der Waals surface area contributed by atoms with E-state index >= 15 is 0 Å². The Balaban J connectivity index is 1.89. The molecule has 0 saturated carbocycles. The monoisotopic (exact) mass is 343 g/mol. The fourth-order valence-electron chi connectivity index (χ4n) is 2.49. The Morgan fingerprint density at radius 1 is 0.923 bits per heavy atom. The van der Waals surface area contributed by atoms with Crippen molar-refractivity contribution in [2.75, 3.05) is 0 Å². The number of nitrogens with zero attached hydrogens (tertiary/aromatic N) is 5. The summed E-state index contributed by atoms with van der Waals surface area (Å²) in [7, 11) is 0. The molecule has 7 heteroatoms. The van der Waals surface area contributed by atoms with Gasteiger partial charge in [-0.1, -0.05) is 36.4 Å². The number of imidazole rings is 1. The average Bonchev–Trinajstić information content (AvgIpc) is 3.20. The summed E-state index contributed by atoms with van der Waals surface area (Å²) in [6.45, 7) is 0. The fraction of sp³-hybridized carbons (Fsp3) is 0. The lowest BCUT2D eigenvalue weighted by Crippen LogP contribution is -2.01. The molecule has 0 spiro atoms. The van der Waals surface area contributed by atoms with Crippen LogP contribution in [0.2, 0.25) is 0 Å². The highest BCUT2D eigenvalue weighted by Gasteiger charge is 2.13. The van der Waals surface area contributed by atoms with Crippen LogP contribution in [0.4, 0.5) is 0 Å². The van der Waals surface area contributed by atoms with Gasteiger partial charge in [-0.25, -0.2) is 19.7 Å². The number of rotatable bonds is 4. The summed E-state index contributed by atoms with van der Waals surface area (Å²) in [6, 6.07) is 16.9. The zero-order valence-electron chi connectivity index (χ0n) is 13.5. The highest BCUT2D eigenvalue weighted by atomic mass is 16.4. The zero-order valence-corrected chi connectivity index (χ0v) is 13.5. The van der Waals surface area contributed by atoms with E-state index in [1.807, 2.05) is 48.5 Å². The molecule has 0 aliphatic carbocycles. The summed E-state index contributed by atoms with van der Waals surface area (Å²) >= 11 is 0. The highest BCUT2D eigenvalue weighted by Crippen LogP contribution is 2.22. The molecule has 26 heavy (non-hydrogen) atoms. The molecule has 4 rings (SSSR count). The van der Waals surface area contributed by atoms with Crippen molar-refractivity contribution in [2.45, 2.75) is 0 Å². The smallest absolute Gasteiger partial charge is 0.356 e. The summed E-state index contributed by atoms with van der Waals surface area (Å²) < 4.78 is 1.56. The Kier molecular flexibility index (Phi) is 3.95. The SMILES string of the molecule is O=C(O)c1cn(-c2cc(-c3ccccn3)nc(-c3ccccc3)n2)cn1. The maximum atomic E-state index is 11.1. The average molecular weight is 343 g/mol. The van der Waals surface area contributed by atoms with E-state index in [2.05, 4.69) is 19.9 Å². The zero-order chi connectivity index (χ0) is 17.9. The van der Waals surface area contributed by atoms with Crippen molar-refractivity contribution in [1.82, 2.24) is 24.5 Å². The number of benzene rings is 1. The minimum atomic E-state index is -1.09. The van der Waals surface area contributed by atoms with Gasteiger partial charge in [0.15, 0.2) is 11.5 Å². The Morgan fingerprint density at radius 3 is 2.42 bits per heavy atom. The molecule has 126 valence electrons. The Labute approximate surface area is 148 Å². The van der Waals surface area contributed by atoms with Gasteiger partial charge in [0.2, 0.25) is 0 Å². The van der Waals surface area contributed by atoms with Crippen LogP contribution in [0.25, 0.3) is 28.6 Å². The normalized spacial score (nSPS) is 10.6. The first-order valence-corrected chi connectivity index (χ1v) is 7.84. The van der Waals surface area contributed by atoms with Crippen molar-refractivity contribution in [3.8, 4) is 28.6 Å². The first-order valence-electron chi connectivity index (χ1n) is 7.84. The Bertz CT molecular complexity index is 1000. The van der Waals surface area contributed by atoms with E-state index in [0.717, 1.165) is 5.56 Å². The van der Waals surface area contributed by atoms with Crippen LogP contribution in [0.3, 0.4) is 0 Å². The maximum Gasteiger partial charge on any atom is 0.356 e. The van der Waals surface area contributed by atoms with Gasteiger partial charge in [0.05, 0.1) is 11.4 Å². The summed E-state index contributed by atoms with van der Waals surface area (Å²) in [5.41, 5.74) is 2.14. The minimum absolute atomic E-state index is 0.0516. The third kappa shape index (κ3) is 3.05. The van der Waals surface area contributed by atoms with Gasteiger partial charge in [-0.2, -0.15) is 0 Å². The van der Waals surface area contributed by atoms with Crippen LogP contribution in [-0.4, -0.2) is 35.6 Å². The summed E-state index contributed by atoms with van der Waals surface area (Å²) in [5.74, 6) is -0.0557. The summed E-state index contributed by atoms with van der Waals surface area (Å²) in [5, 5.41) is 9.09. The predicted molar refractivity (Wildman–Crippen MR) is 94.8 cm³/mol. The maximum absolute atomic E-state index is 11.1. The number of hydrogen-bond acceptors (Lipinski definition) is 5. The molecule has 0 bridgehead atoms. The molecular formula is C19H13N5O2. The minimum Gasteiger partial charge on any atom is -0.476 e. The lowest BCUT2D eigenvalue weighted by molar-refractivity contribution is 0.0691. The number of hydrogen-bond donors (Lipinski definition) is 1. The van der Waals surface area contributed by atoms with Crippen LogP contribution in [0.15, 0.2) is 73.3 Å². The molecule has 7 nitrogen and oxygen atoms in total. The third-order valence-electron chi connectivity index (χ3n) is 3.74. The molecular weight excluding hydrogens is 330 g/mol. The molecule has 4 aromatic rings. The van der Waals surface area contributed by atoms with Crippen molar-refractivity contribution in [1.29, 1.82) is 0 Å². The molecule has 0 radical (unpaired) electrons. The van der Waals surface area contributed by atoms with Gasteiger partial charge in [-0.05, 0) is 12.1 Å². The van der Waals surface area contributed by atoms with Crippen LogP contribution in [-0.2, 0) is 0 Å².